The first kappa shape index (κ1) is 16.7. The van der Waals surface area contributed by atoms with Crippen molar-refractivity contribution in [2.24, 2.45) is 10.7 Å². The summed E-state index contributed by atoms with van der Waals surface area (Å²) in [5.74, 6) is 0.319. The summed E-state index contributed by atoms with van der Waals surface area (Å²) in [4.78, 5) is 15.4. The van der Waals surface area contributed by atoms with Gasteiger partial charge in [0, 0.05) is 25.7 Å². The fourth-order valence-electron chi connectivity index (χ4n) is 1.36. The number of nitrogens with two attached hydrogens (primary N) is 1. The van der Waals surface area contributed by atoms with Crippen molar-refractivity contribution >= 4 is 35.8 Å². The second kappa shape index (κ2) is 8.73. The van der Waals surface area contributed by atoms with Crippen LogP contribution in [0.15, 0.2) is 29.3 Å². The summed E-state index contributed by atoms with van der Waals surface area (Å²) >= 11 is 0. The van der Waals surface area contributed by atoms with E-state index in [0.29, 0.717) is 24.6 Å². The van der Waals surface area contributed by atoms with Gasteiger partial charge in [-0.1, -0.05) is 12.1 Å². The molecular weight excluding hydrogens is 343 g/mol. The summed E-state index contributed by atoms with van der Waals surface area (Å²) in [6, 6.07) is 7.40. The highest BCUT2D eigenvalue weighted by Gasteiger charge is 2.04. The molecule has 0 aliphatic heterocycles. The fourth-order valence-corrected chi connectivity index (χ4v) is 1.36. The van der Waals surface area contributed by atoms with Crippen LogP contribution >= 0.6 is 24.0 Å². The van der Waals surface area contributed by atoms with Gasteiger partial charge in [0.05, 0.1) is 0 Å². The van der Waals surface area contributed by atoms with E-state index in [9.17, 15) is 4.79 Å². The van der Waals surface area contributed by atoms with Crippen LogP contribution in [0.2, 0.25) is 0 Å². The van der Waals surface area contributed by atoms with E-state index in [4.69, 9.17) is 5.73 Å². The highest BCUT2D eigenvalue weighted by atomic mass is 127. The zero-order valence-electron chi connectivity index (χ0n) is 10.6. The lowest BCUT2D eigenvalue weighted by Gasteiger charge is -2.07. The zero-order chi connectivity index (χ0) is 12.7. The number of benzene rings is 1. The Morgan fingerprint density at radius 2 is 2.11 bits per heavy atom. The van der Waals surface area contributed by atoms with Crippen LogP contribution < -0.4 is 16.4 Å². The van der Waals surface area contributed by atoms with E-state index in [2.05, 4.69) is 15.6 Å². The first-order valence-electron chi connectivity index (χ1n) is 5.50. The van der Waals surface area contributed by atoms with Crippen LogP contribution in [-0.2, 0) is 6.54 Å². The molecule has 0 saturated carbocycles. The highest BCUT2D eigenvalue weighted by Crippen LogP contribution is 2.05. The highest BCUT2D eigenvalue weighted by molar-refractivity contribution is 14.0. The summed E-state index contributed by atoms with van der Waals surface area (Å²) in [5.41, 5.74) is 7.16. The van der Waals surface area contributed by atoms with E-state index in [-0.39, 0.29) is 29.9 Å². The third-order valence-electron chi connectivity index (χ3n) is 2.24. The second-order valence-corrected chi connectivity index (χ2v) is 3.52. The van der Waals surface area contributed by atoms with Gasteiger partial charge in [-0.2, -0.15) is 0 Å². The van der Waals surface area contributed by atoms with Crippen LogP contribution in [0.1, 0.15) is 22.8 Å². The van der Waals surface area contributed by atoms with Crippen molar-refractivity contribution in [2.45, 2.75) is 13.5 Å². The third kappa shape index (κ3) is 5.35. The van der Waals surface area contributed by atoms with Crippen molar-refractivity contribution in [1.29, 1.82) is 0 Å². The van der Waals surface area contributed by atoms with Gasteiger partial charge in [-0.15, -0.1) is 24.0 Å². The summed E-state index contributed by atoms with van der Waals surface area (Å²) in [6.07, 6.45) is 0. The Bertz CT molecular complexity index is 420. The van der Waals surface area contributed by atoms with Gasteiger partial charge in [0.2, 0.25) is 0 Å². The average molecular weight is 362 g/mol. The normalized spacial score (nSPS) is 10.4. The number of aliphatic imine (C=N–C) groups is 1. The van der Waals surface area contributed by atoms with Gasteiger partial charge in [-0.05, 0) is 24.6 Å². The van der Waals surface area contributed by atoms with Crippen LogP contribution in [0, 0.1) is 0 Å². The molecule has 0 aromatic heterocycles. The molecule has 6 heteroatoms. The molecule has 0 aliphatic rings. The molecule has 0 unspecified atom stereocenters. The second-order valence-electron chi connectivity index (χ2n) is 3.52. The predicted molar refractivity (Wildman–Crippen MR) is 84.3 cm³/mol. The van der Waals surface area contributed by atoms with Gasteiger partial charge in [-0.25, -0.2) is 0 Å². The molecule has 0 spiro atoms. The van der Waals surface area contributed by atoms with Crippen molar-refractivity contribution in [1.82, 2.24) is 10.6 Å². The first-order chi connectivity index (χ1) is 8.17. The number of nitrogens with zero attached hydrogens (tertiary/aromatic N) is 1. The molecule has 0 aliphatic carbocycles. The Balaban J connectivity index is 0.00000289. The van der Waals surface area contributed by atoms with E-state index < -0.39 is 0 Å². The number of hydrogen-bond donors (Lipinski definition) is 3. The van der Waals surface area contributed by atoms with Crippen molar-refractivity contribution in [3.63, 3.8) is 0 Å². The number of nitrogens with one attached hydrogen (secondary N) is 2. The number of rotatable bonds is 4. The van der Waals surface area contributed by atoms with Gasteiger partial charge < -0.3 is 16.4 Å². The van der Waals surface area contributed by atoms with Gasteiger partial charge in [0.1, 0.15) is 0 Å². The summed E-state index contributed by atoms with van der Waals surface area (Å²) in [7, 11) is 1.62. The van der Waals surface area contributed by atoms with Gasteiger partial charge in [0.15, 0.2) is 5.96 Å². The van der Waals surface area contributed by atoms with E-state index in [1.165, 1.54) is 0 Å². The molecule has 18 heavy (non-hydrogen) atoms. The lowest BCUT2D eigenvalue weighted by molar-refractivity contribution is 0.0955. The zero-order valence-corrected chi connectivity index (χ0v) is 12.9. The largest absolute Gasteiger partial charge is 0.370 e. The Morgan fingerprint density at radius 3 is 2.72 bits per heavy atom. The molecule has 1 aromatic carbocycles. The molecule has 0 heterocycles. The monoisotopic (exact) mass is 362 g/mol. The molecule has 0 saturated heterocycles. The quantitative estimate of drug-likeness (QED) is 0.426. The van der Waals surface area contributed by atoms with Crippen LogP contribution in [0.4, 0.5) is 0 Å². The maximum Gasteiger partial charge on any atom is 0.251 e. The standard InChI is InChI=1S/C12H18N4O.HI/c1-3-15-11(17)10-6-4-5-9(7-10)8-16-12(13)14-2;/h4-7H,3,8H2,1-2H3,(H,15,17)(H3,13,14,16);1H. The first-order valence-corrected chi connectivity index (χ1v) is 5.50. The Hall–Kier alpha value is -1.31. The molecule has 0 fully saturated rings. The van der Waals surface area contributed by atoms with E-state index >= 15 is 0 Å². The molecule has 0 atom stereocenters. The summed E-state index contributed by atoms with van der Waals surface area (Å²) < 4.78 is 0. The molecule has 1 amide bonds. The molecule has 100 valence electrons. The third-order valence-corrected chi connectivity index (χ3v) is 2.24. The molecule has 5 nitrogen and oxygen atoms in total. The van der Waals surface area contributed by atoms with Crippen LogP contribution in [0.25, 0.3) is 0 Å². The summed E-state index contributed by atoms with van der Waals surface area (Å²) in [6.45, 7) is 3.06. The van der Waals surface area contributed by atoms with Crippen molar-refractivity contribution in [2.75, 3.05) is 13.6 Å². The fraction of sp³-hybridized carbons (Fsp3) is 0.333. The lowest BCUT2D eigenvalue weighted by Crippen LogP contribution is -2.30. The van der Waals surface area contributed by atoms with Crippen molar-refractivity contribution in [3.05, 3.63) is 35.4 Å². The minimum absolute atomic E-state index is 0. The minimum Gasteiger partial charge on any atom is -0.370 e. The van der Waals surface area contributed by atoms with Crippen LogP contribution in [0.5, 0.6) is 0 Å². The Morgan fingerprint density at radius 1 is 1.39 bits per heavy atom. The van der Waals surface area contributed by atoms with Crippen molar-refractivity contribution in [3.8, 4) is 0 Å². The van der Waals surface area contributed by atoms with Gasteiger partial charge in [0.25, 0.3) is 5.91 Å². The average Bonchev–Trinajstić information content (AvgIpc) is 2.36. The smallest absolute Gasteiger partial charge is 0.251 e. The van der Waals surface area contributed by atoms with E-state index in [1.807, 2.05) is 25.1 Å². The molecule has 4 N–H and O–H groups in total. The molecule has 1 rings (SSSR count). The van der Waals surface area contributed by atoms with Crippen LogP contribution in [-0.4, -0.2) is 25.5 Å². The minimum atomic E-state index is -0.0634. The molecule has 0 radical (unpaired) electrons. The number of guanidine groups is 1. The molecule has 0 bridgehead atoms. The number of hydrogen-bond acceptors (Lipinski definition) is 2. The number of carbonyl (C=O) groups is 1. The lowest BCUT2D eigenvalue weighted by atomic mass is 10.1. The number of halogens is 1. The maximum atomic E-state index is 11.6. The topological polar surface area (TPSA) is 79.5 Å². The number of carbonyl (C=O) groups excluding carboxylic acids is 1. The van der Waals surface area contributed by atoms with E-state index in [0.717, 1.165) is 5.56 Å². The summed E-state index contributed by atoms with van der Waals surface area (Å²) in [5, 5.41) is 5.70. The number of amides is 1. The molecule has 1 aromatic rings. The van der Waals surface area contributed by atoms with E-state index in [1.54, 1.807) is 13.1 Å². The Labute approximate surface area is 124 Å². The van der Waals surface area contributed by atoms with Gasteiger partial charge in [-0.3, -0.25) is 9.79 Å². The van der Waals surface area contributed by atoms with Gasteiger partial charge >= 0.3 is 0 Å². The predicted octanol–water partition coefficient (Wildman–Crippen LogP) is 1.09. The molecular formula is C12H19IN4O. The van der Waals surface area contributed by atoms with Crippen LogP contribution in [0.3, 0.4) is 0 Å². The Kier molecular flexibility index (Phi) is 8.10. The SMILES string of the molecule is CCNC(=O)c1cccc(CNC(N)=NC)c1.I. The van der Waals surface area contributed by atoms with Crippen molar-refractivity contribution < 1.29 is 4.79 Å². The maximum absolute atomic E-state index is 11.6.